The lowest BCUT2D eigenvalue weighted by atomic mass is 9.98. The molecule has 0 amide bonds. The molecule has 2 rings (SSSR count). The van der Waals surface area contributed by atoms with Gasteiger partial charge in [-0.2, -0.15) is 0 Å². The molecule has 1 atom stereocenters. The summed E-state index contributed by atoms with van der Waals surface area (Å²) in [7, 11) is 0. The molecule has 1 fully saturated rings. The van der Waals surface area contributed by atoms with Gasteiger partial charge in [0.05, 0.1) is 0 Å². The van der Waals surface area contributed by atoms with Gasteiger partial charge in [-0.3, -0.25) is 9.69 Å². The molecule has 1 aromatic rings. The third kappa shape index (κ3) is 4.00. The number of nitrogens with one attached hydrogen (secondary N) is 1. The topological polar surface area (TPSA) is 61.8 Å². The van der Waals surface area contributed by atoms with E-state index in [9.17, 15) is 13.6 Å². The van der Waals surface area contributed by atoms with Crippen molar-refractivity contribution in [1.29, 1.82) is 0 Å². The Bertz CT molecular complexity index is 502. The van der Waals surface area contributed by atoms with Crippen LogP contribution in [0.3, 0.4) is 0 Å². The SMILES string of the molecule is CC(=O)Oc1ccc([C@H](N2CCNCC2)C(F)(F)CO)cc1. The highest BCUT2D eigenvalue weighted by atomic mass is 19.3. The third-order valence-electron chi connectivity index (χ3n) is 3.59. The zero-order chi connectivity index (χ0) is 16.2. The fourth-order valence-corrected chi connectivity index (χ4v) is 2.63. The Morgan fingerprint density at radius 1 is 1.36 bits per heavy atom. The molecule has 0 bridgehead atoms. The summed E-state index contributed by atoms with van der Waals surface area (Å²) in [6.45, 7) is 2.27. The number of nitrogens with zero attached hydrogens (tertiary/aromatic N) is 1. The fourth-order valence-electron chi connectivity index (χ4n) is 2.63. The first-order chi connectivity index (χ1) is 10.4. The lowest BCUT2D eigenvalue weighted by Crippen LogP contribution is -2.51. The van der Waals surface area contributed by atoms with E-state index in [1.807, 2.05) is 0 Å². The molecule has 1 aromatic carbocycles. The van der Waals surface area contributed by atoms with Crippen molar-refractivity contribution in [2.45, 2.75) is 18.9 Å². The van der Waals surface area contributed by atoms with Gasteiger partial charge in [0.2, 0.25) is 0 Å². The molecule has 122 valence electrons. The number of benzene rings is 1. The highest BCUT2D eigenvalue weighted by molar-refractivity contribution is 5.69. The number of ether oxygens (including phenoxy) is 1. The molecular formula is C15H20F2N2O3. The molecule has 0 saturated carbocycles. The van der Waals surface area contributed by atoms with Crippen LogP contribution in [0.4, 0.5) is 8.78 Å². The molecule has 7 heteroatoms. The number of esters is 1. The first kappa shape index (κ1) is 16.8. The molecule has 1 aliphatic heterocycles. The van der Waals surface area contributed by atoms with E-state index in [-0.39, 0.29) is 0 Å². The summed E-state index contributed by atoms with van der Waals surface area (Å²) >= 11 is 0. The molecule has 1 heterocycles. The number of aliphatic hydroxyl groups is 1. The minimum Gasteiger partial charge on any atom is -0.427 e. The van der Waals surface area contributed by atoms with Crippen LogP contribution in [0.5, 0.6) is 5.75 Å². The average Bonchev–Trinajstić information content (AvgIpc) is 2.49. The monoisotopic (exact) mass is 314 g/mol. The zero-order valence-electron chi connectivity index (χ0n) is 12.4. The van der Waals surface area contributed by atoms with Gasteiger partial charge in [-0.1, -0.05) is 12.1 Å². The van der Waals surface area contributed by atoms with Crippen LogP contribution in [-0.2, 0) is 4.79 Å². The van der Waals surface area contributed by atoms with Gasteiger partial charge >= 0.3 is 5.97 Å². The van der Waals surface area contributed by atoms with Crippen molar-refractivity contribution in [3.05, 3.63) is 29.8 Å². The van der Waals surface area contributed by atoms with E-state index >= 15 is 0 Å². The number of alkyl halides is 2. The molecule has 5 nitrogen and oxygen atoms in total. The average molecular weight is 314 g/mol. The van der Waals surface area contributed by atoms with Gasteiger partial charge in [-0.15, -0.1) is 0 Å². The quantitative estimate of drug-likeness (QED) is 0.631. The van der Waals surface area contributed by atoms with Crippen LogP contribution in [0.25, 0.3) is 0 Å². The predicted molar refractivity (Wildman–Crippen MR) is 77.0 cm³/mol. The van der Waals surface area contributed by atoms with E-state index < -0.39 is 24.5 Å². The predicted octanol–water partition coefficient (Wildman–Crippen LogP) is 1.19. The van der Waals surface area contributed by atoms with Crippen molar-refractivity contribution in [1.82, 2.24) is 10.2 Å². The zero-order valence-corrected chi connectivity index (χ0v) is 12.4. The van der Waals surface area contributed by atoms with Crippen LogP contribution in [0, 0.1) is 0 Å². The number of hydrogen-bond acceptors (Lipinski definition) is 5. The molecule has 2 N–H and O–H groups in total. The van der Waals surface area contributed by atoms with Gasteiger partial charge in [0.25, 0.3) is 5.92 Å². The number of hydrogen-bond donors (Lipinski definition) is 2. The number of carbonyl (C=O) groups is 1. The molecule has 1 aliphatic rings. The Labute approximate surface area is 127 Å². The molecule has 1 saturated heterocycles. The highest BCUT2D eigenvalue weighted by Gasteiger charge is 2.43. The third-order valence-corrected chi connectivity index (χ3v) is 3.59. The minimum absolute atomic E-state index is 0.308. The maximum atomic E-state index is 14.2. The van der Waals surface area contributed by atoms with E-state index in [2.05, 4.69) is 5.32 Å². The molecular weight excluding hydrogens is 294 g/mol. The Morgan fingerprint density at radius 2 is 1.95 bits per heavy atom. The van der Waals surface area contributed by atoms with Gasteiger partial charge in [0.15, 0.2) is 0 Å². The van der Waals surface area contributed by atoms with Crippen molar-refractivity contribution in [2.24, 2.45) is 0 Å². The highest BCUT2D eigenvalue weighted by Crippen LogP contribution is 2.37. The van der Waals surface area contributed by atoms with Crippen molar-refractivity contribution < 1.29 is 23.4 Å². The van der Waals surface area contributed by atoms with E-state index in [0.717, 1.165) is 0 Å². The summed E-state index contributed by atoms with van der Waals surface area (Å²) in [6.07, 6.45) is 0. The Morgan fingerprint density at radius 3 is 2.45 bits per heavy atom. The number of carbonyl (C=O) groups excluding carboxylic acids is 1. The van der Waals surface area contributed by atoms with Gasteiger partial charge in [-0.05, 0) is 17.7 Å². The van der Waals surface area contributed by atoms with Crippen molar-refractivity contribution in [3.63, 3.8) is 0 Å². The molecule has 0 unspecified atom stereocenters. The summed E-state index contributed by atoms with van der Waals surface area (Å²) < 4.78 is 33.3. The van der Waals surface area contributed by atoms with E-state index in [0.29, 0.717) is 37.5 Å². The second-order valence-corrected chi connectivity index (χ2v) is 5.27. The molecule has 0 aliphatic carbocycles. The van der Waals surface area contributed by atoms with E-state index in [1.165, 1.54) is 31.2 Å². The first-order valence-corrected chi connectivity index (χ1v) is 7.16. The minimum atomic E-state index is -3.25. The Kier molecular flexibility index (Phi) is 5.44. The largest absolute Gasteiger partial charge is 0.427 e. The lowest BCUT2D eigenvalue weighted by Gasteiger charge is -2.38. The Balaban J connectivity index is 2.26. The van der Waals surface area contributed by atoms with Crippen LogP contribution in [0.2, 0.25) is 0 Å². The van der Waals surface area contributed by atoms with Crippen molar-refractivity contribution in [2.75, 3.05) is 32.8 Å². The van der Waals surface area contributed by atoms with Gasteiger partial charge in [-0.25, -0.2) is 8.78 Å². The summed E-state index contributed by atoms with van der Waals surface area (Å²) in [5.41, 5.74) is 0.386. The summed E-state index contributed by atoms with van der Waals surface area (Å²) in [6, 6.07) is 4.79. The number of aliphatic hydroxyl groups excluding tert-OH is 1. The fraction of sp³-hybridized carbons (Fsp3) is 0.533. The standard InChI is InChI=1S/C15H20F2N2O3/c1-11(21)22-13-4-2-12(3-5-13)14(15(16,17)10-20)19-8-6-18-7-9-19/h2-5,14,18,20H,6-10H2,1H3/t14-/m0/s1. The first-order valence-electron chi connectivity index (χ1n) is 7.16. The summed E-state index contributed by atoms with van der Waals surface area (Å²) in [4.78, 5) is 12.6. The molecule has 0 spiro atoms. The molecule has 22 heavy (non-hydrogen) atoms. The van der Waals surface area contributed by atoms with Gasteiger partial charge in [0.1, 0.15) is 18.4 Å². The van der Waals surface area contributed by atoms with Crippen molar-refractivity contribution in [3.8, 4) is 5.75 Å². The van der Waals surface area contributed by atoms with Crippen LogP contribution >= 0.6 is 0 Å². The van der Waals surface area contributed by atoms with Crippen LogP contribution in [0.15, 0.2) is 24.3 Å². The van der Waals surface area contributed by atoms with Crippen LogP contribution < -0.4 is 10.1 Å². The van der Waals surface area contributed by atoms with Gasteiger partial charge < -0.3 is 15.2 Å². The lowest BCUT2D eigenvalue weighted by molar-refractivity contribution is -0.131. The van der Waals surface area contributed by atoms with Crippen LogP contribution in [-0.4, -0.2) is 54.7 Å². The smallest absolute Gasteiger partial charge is 0.308 e. The van der Waals surface area contributed by atoms with Crippen LogP contribution in [0.1, 0.15) is 18.5 Å². The number of rotatable bonds is 5. The van der Waals surface area contributed by atoms with E-state index in [1.54, 1.807) is 4.90 Å². The Hall–Kier alpha value is -1.57. The summed E-state index contributed by atoms with van der Waals surface area (Å²) in [5.74, 6) is -3.41. The number of halogens is 2. The molecule has 0 radical (unpaired) electrons. The summed E-state index contributed by atoms with van der Waals surface area (Å²) in [5, 5.41) is 12.2. The molecule has 0 aromatic heterocycles. The second-order valence-electron chi connectivity index (χ2n) is 5.27. The van der Waals surface area contributed by atoms with Crippen molar-refractivity contribution >= 4 is 5.97 Å². The maximum Gasteiger partial charge on any atom is 0.308 e. The normalized spacial score (nSPS) is 18.0. The second kappa shape index (κ2) is 7.13. The van der Waals surface area contributed by atoms with Gasteiger partial charge in [0, 0.05) is 33.1 Å². The van der Waals surface area contributed by atoms with E-state index in [4.69, 9.17) is 9.84 Å². The number of piperazine rings is 1. The maximum absolute atomic E-state index is 14.2.